The zero-order chi connectivity index (χ0) is 24.2. The van der Waals surface area contributed by atoms with Crippen molar-refractivity contribution in [2.24, 2.45) is 0 Å². The first-order valence-corrected chi connectivity index (χ1v) is 12.2. The molecule has 0 saturated carbocycles. The molecule has 1 fully saturated rings. The number of rotatable bonds is 5. The van der Waals surface area contributed by atoms with E-state index in [-0.39, 0.29) is 17.6 Å². The van der Waals surface area contributed by atoms with E-state index in [0.29, 0.717) is 19.0 Å². The highest BCUT2D eigenvalue weighted by atomic mass is 32.1. The molecule has 0 unspecified atom stereocenters. The van der Waals surface area contributed by atoms with Gasteiger partial charge < -0.3 is 24.6 Å². The Labute approximate surface area is 207 Å². The first kappa shape index (κ1) is 22.9. The number of nitrogens with one attached hydrogen (secondary N) is 1. The fourth-order valence-corrected chi connectivity index (χ4v) is 4.85. The molecule has 8 heteroatoms. The van der Waals surface area contributed by atoms with Crippen LogP contribution < -0.4 is 19.9 Å². The smallest absolute Gasteiger partial charge is 0.293 e. The topological polar surface area (TPSA) is 71.1 Å². The molecule has 0 atom stereocenters. The number of fused-ring (bicyclic) bond motifs is 1. The molecule has 2 amide bonds. The molecule has 1 N–H and O–H groups in total. The van der Waals surface area contributed by atoms with Crippen molar-refractivity contribution in [2.45, 2.75) is 0 Å². The van der Waals surface area contributed by atoms with Crippen molar-refractivity contribution in [3.63, 3.8) is 0 Å². The Morgan fingerprint density at radius 2 is 1.69 bits per heavy atom. The van der Waals surface area contributed by atoms with Gasteiger partial charge in [-0.3, -0.25) is 9.59 Å². The third kappa shape index (κ3) is 5.13. The van der Waals surface area contributed by atoms with Crippen LogP contribution >= 0.6 is 11.3 Å². The molecule has 2 aliphatic heterocycles. The molecular weight excluding hydrogens is 462 g/mol. The number of nitrogens with zero attached hydrogens (tertiary/aromatic N) is 2. The SMILES string of the molecule is CN1C(=O)/C(=C\c2ccc(/C=C/C(=O)Nc3ccccc3N3CCOCC3)s2)Oc2ccccc21. The monoisotopic (exact) mass is 487 g/mol. The number of hydrogen-bond donors (Lipinski definition) is 1. The molecule has 7 nitrogen and oxygen atoms in total. The maximum atomic E-state index is 12.7. The van der Waals surface area contributed by atoms with Crippen molar-refractivity contribution in [3.05, 3.63) is 82.3 Å². The number of anilines is 3. The first-order chi connectivity index (χ1) is 17.1. The summed E-state index contributed by atoms with van der Waals surface area (Å²) < 4.78 is 11.3. The minimum Gasteiger partial charge on any atom is -0.449 e. The number of para-hydroxylation sites is 4. The number of morpholine rings is 1. The van der Waals surface area contributed by atoms with Gasteiger partial charge >= 0.3 is 0 Å². The number of ether oxygens (including phenoxy) is 2. The lowest BCUT2D eigenvalue weighted by atomic mass is 10.2. The molecule has 0 bridgehead atoms. The molecule has 2 aromatic carbocycles. The second-order valence-electron chi connectivity index (χ2n) is 8.12. The van der Waals surface area contributed by atoms with Gasteiger partial charge in [-0.05, 0) is 42.5 Å². The van der Waals surface area contributed by atoms with E-state index in [9.17, 15) is 9.59 Å². The summed E-state index contributed by atoms with van der Waals surface area (Å²) in [6, 6.07) is 19.0. The lowest BCUT2D eigenvalue weighted by molar-refractivity contribution is -0.117. The van der Waals surface area contributed by atoms with Crippen LogP contribution in [-0.4, -0.2) is 45.2 Å². The van der Waals surface area contributed by atoms with E-state index in [1.807, 2.05) is 60.7 Å². The highest BCUT2D eigenvalue weighted by molar-refractivity contribution is 7.13. The van der Waals surface area contributed by atoms with Gasteiger partial charge in [0.05, 0.1) is 30.3 Å². The maximum Gasteiger partial charge on any atom is 0.293 e. The molecule has 1 aromatic heterocycles. The Hall–Kier alpha value is -3.88. The molecule has 0 aliphatic carbocycles. The number of likely N-dealkylation sites (N-methyl/N-ethyl adjacent to an activating group) is 1. The number of thiophene rings is 1. The van der Waals surface area contributed by atoms with E-state index in [1.54, 1.807) is 24.1 Å². The first-order valence-electron chi connectivity index (χ1n) is 11.4. The van der Waals surface area contributed by atoms with Crippen molar-refractivity contribution < 1.29 is 19.1 Å². The van der Waals surface area contributed by atoms with Crippen LogP contribution in [0.4, 0.5) is 17.1 Å². The normalized spacial score (nSPS) is 16.9. The fourth-order valence-electron chi connectivity index (χ4n) is 4.00. The molecule has 3 aromatic rings. The third-order valence-electron chi connectivity index (χ3n) is 5.80. The van der Waals surface area contributed by atoms with Crippen molar-refractivity contribution in [1.29, 1.82) is 0 Å². The summed E-state index contributed by atoms with van der Waals surface area (Å²) in [4.78, 5) is 30.9. The molecular formula is C27H25N3O4S. The molecule has 1 saturated heterocycles. The van der Waals surface area contributed by atoms with E-state index in [0.717, 1.165) is 39.9 Å². The fraction of sp³-hybridized carbons (Fsp3) is 0.185. The number of amides is 2. The van der Waals surface area contributed by atoms with Crippen LogP contribution in [0, 0.1) is 0 Å². The van der Waals surface area contributed by atoms with Crippen LogP contribution in [0.3, 0.4) is 0 Å². The van der Waals surface area contributed by atoms with Crippen molar-refractivity contribution in [2.75, 3.05) is 48.5 Å². The summed E-state index contributed by atoms with van der Waals surface area (Å²) in [6.45, 7) is 2.95. The predicted octanol–water partition coefficient (Wildman–Crippen LogP) is 4.63. The minimum atomic E-state index is -0.206. The van der Waals surface area contributed by atoms with Crippen LogP contribution in [0.15, 0.2) is 72.5 Å². The zero-order valence-corrected chi connectivity index (χ0v) is 20.1. The molecule has 5 rings (SSSR count). The largest absolute Gasteiger partial charge is 0.449 e. The molecule has 178 valence electrons. The zero-order valence-electron chi connectivity index (χ0n) is 19.3. The molecule has 0 radical (unpaired) electrons. The Morgan fingerprint density at radius 1 is 0.971 bits per heavy atom. The van der Waals surface area contributed by atoms with E-state index >= 15 is 0 Å². The average Bonchev–Trinajstić information content (AvgIpc) is 3.34. The Morgan fingerprint density at radius 3 is 2.51 bits per heavy atom. The van der Waals surface area contributed by atoms with Crippen molar-refractivity contribution >= 4 is 52.4 Å². The Kier molecular flexibility index (Phi) is 6.65. The van der Waals surface area contributed by atoms with Gasteiger partial charge in [-0.1, -0.05) is 24.3 Å². The summed E-state index contributed by atoms with van der Waals surface area (Å²) in [5, 5.41) is 2.98. The summed E-state index contributed by atoms with van der Waals surface area (Å²) in [5.41, 5.74) is 2.51. The molecule has 2 aliphatic rings. The van der Waals surface area contributed by atoms with Gasteiger partial charge in [0.25, 0.3) is 5.91 Å². The van der Waals surface area contributed by atoms with E-state index in [4.69, 9.17) is 9.47 Å². The predicted molar refractivity (Wildman–Crippen MR) is 140 cm³/mol. The van der Waals surface area contributed by atoms with Crippen LogP contribution in [0.25, 0.3) is 12.2 Å². The quantitative estimate of drug-likeness (QED) is 0.532. The number of hydrogen-bond acceptors (Lipinski definition) is 6. The van der Waals surface area contributed by atoms with Crippen LogP contribution in [-0.2, 0) is 14.3 Å². The van der Waals surface area contributed by atoms with Gasteiger partial charge in [-0.25, -0.2) is 0 Å². The van der Waals surface area contributed by atoms with Crippen LogP contribution in [0.5, 0.6) is 5.75 Å². The van der Waals surface area contributed by atoms with E-state index in [2.05, 4.69) is 10.2 Å². The summed E-state index contributed by atoms with van der Waals surface area (Å²) in [7, 11) is 1.73. The van der Waals surface area contributed by atoms with Gasteiger partial charge in [0.1, 0.15) is 0 Å². The molecule has 35 heavy (non-hydrogen) atoms. The average molecular weight is 488 g/mol. The third-order valence-corrected chi connectivity index (χ3v) is 6.79. The number of carbonyl (C=O) groups excluding carboxylic acids is 2. The minimum absolute atomic E-state index is 0.201. The maximum absolute atomic E-state index is 12.7. The molecule has 3 heterocycles. The number of carbonyl (C=O) groups is 2. The molecule has 0 spiro atoms. The lowest BCUT2D eigenvalue weighted by Gasteiger charge is -2.30. The second-order valence-corrected chi connectivity index (χ2v) is 9.27. The second kappa shape index (κ2) is 10.2. The highest BCUT2D eigenvalue weighted by Gasteiger charge is 2.27. The van der Waals surface area contributed by atoms with E-state index < -0.39 is 0 Å². The van der Waals surface area contributed by atoms with Gasteiger partial charge in [-0.15, -0.1) is 11.3 Å². The van der Waals surface area contributed by atoms with Gasteiger partial charge in [-0.2, -0.15) is 0 Å². The van der Waals surface area contributed by atoms with Crippen molar-refractivity contribution in [1.82, 2.24) is 0 Å². The Bertz CT molecular complexity index is 1310. The summed E-state index contributed by atoms with van der Waals surface area (Å²) in [6.07, 6.45) is 5.02. The highest BCUT2D eigenvalue weighted by Crippen LogP contribution is 2.35. The van der Waals surface area contributed by atoms with Crippen molar-refractivity contribution in [3.8, 4) is 5.75 Å². The standard InChI is InChI=1S/C27H25N3O4S/c1-29-23-8-4-5-9-24(23)34-25(27(29)32)18-20-11-10-19(35-20)12-13-26(31)28-21-6-2-3-7-22(21)30-14-16-33-17-15-30/h2-13,18H,14-17H2,1H3,(H,28,31)/b13-12+,25-18+. The lowest BCUT2D eigenvalue weighted by Crippen LogP contribution is -2.36. The van der Waals surface area contributed by atoms with Gasteiger partial charge in [0.15, 0.2) is 11.5 Å². The van der Waals surface area contributed by atoms with Crippen LogP contribution in [0.1, 0.15) is 9.75 Å². The summed E-state index contributed by atoms with van der Waals surface area (Å²) in [5.74, 6) is 0.503. The van der Waals surface area contributed by atoms with E-state index in [1.165, 1.54) is 17.4 Å². The van der Waals surface area contributed by atoms with Gasteiger partial charge in [0, 0.05) is 42.0 Å². The summed E-state index contributed by atoms with van der Waals surface area (Å²) >= 11 is 1.47. The van der Waals surface area contributed by atoms with Gasteiger partial charge in [0.2, 0.25) is 5.91 Å². The number of benzene rings is 2. The van der Waals surface area contributed by atoms with Crippen LogP contribution in [0.2, 0.25) is 0 Å². The Balaban J connectivity index is 1.26.